The van der Waals surface area contributed by atoms with E-state index in [1.807, 2.05) is 11.8 Å². The van der Waals surface area contributed by atoms with Gasteiger partial charge in [-0.2, -0.15) is 13.2 Å². The Morgan fingerprint density at radius 3 is 2.16 bits per heavy atom. The lowest BCUT2D eigenvalue weighted by Gasteiger charge is -2.39. The Kier molecular flexibility index (Phi) is 8.88. The van der Waals surface area contributed by atoms with Crippen LogP contribution in [0, 0.1) is 12.3 Å². The second kappa shape index (κ2) is 10.9. The van der Waals surface area contributed by atoms with Gasteiger partial charge in [-0.3, -0.25) is 9.69 Å². The highest BCUT2D eigenvalue weighted by Gasteiger charge is 2.41. The van der Waals surface area contributed by atoms with Gasteiger partial charge in [-0.1, -0.05) is 29.8 Å². The zero-order valence-corrected chi connectivity index (χ0v) is 18.1. The molecule has 174 valence electrons. The quantitative estimate of drug-likeness (QED) is 0.753. The average molecular weight is 444 g/mol. The predicted molar refractivity (Wildman–Crippen MR) is 110 cm³/mol. The highest BCUT2D eigenvalue weighted by molar-refractivity contribution is 5.77. The lowest BCUT2D eigenvalue weighted by Crippen LogP contribution is -2.42. The Hall–Kier alpha value is -2.13. The molecule has 2 saturated heterocycles. The zero-order valence-electron chi connectivity index (χ0n) is 18.1. The van der Waals surface area contributed by atoms with Crippen molar-refractivity contribution in [3.8, 4) is 0 Å². The lowest BCUT2D eigenvalue weighted by molar-refractivity contribution is -0.192. The monoisotopic (exact) mass is 444 g/mol. The molecule has 0 atom stereocenters. The third kappa shape index (κ3) is 7.81. The summed E-state index contributed by atoms with van der Waals surface area (Å²) in [6, 6.07) is 8.87. The minimum absolute atomic E-state index is 0.163. The van der Waals surface area contributed by atoms with Crippen LogP contribution in [0.1, 0.15) is 37.3 Å². The fraction of sp³-hybridized carbons (Fsp3) is 0.636. The van der Waals surface area contributed by atoms with Crippen LogP contribution in [0.3, 0.4) is 0 Å². The number of piperidine rings is 1. The van der Waals surface area contributed by atoms with Gasteiger partial charge in [-0.25, -0.2) is 4.79 Å². The van der Waals surface area contributed by atoms with Crippen molar-refractivity contribution in [1.29, 1.82) is 0 Å². The van der Waals surface area contributed by atoms with Gasteiger partial charge in [0, 0.05) is 26.2 Å². The summed E-state index contributed by atoms with van der Waals surface area (Å²) in [5.74, 6) is -2.59. The molecule has 0 bridgehead atoms. The normalized spacial score (nSPS) is 18.5. The van der Waals surface area contributed by atoms with Crippen LogP contribution in [0.2, 0.25) is 0 Å². The third-order valence-electron chi connectivity index (χ3n) is 5.91. The van der Waals surface area contributed by atoms with Gasteiger partial charge in [0.2, 0.25) is 5.91 Å². The summed E-state index contributed by atoms with van der Waals surface area (Å²) in [5.41, 5.74) is 3.07. The molecule has 2 heterocycles. The van der Waals surface area contributed by atoms with Crippen molar-refractivity contribution >= 4 is 11.9 Å². The Morgan fingerprint density at radius 1 is 1.10 bits per heavy atom. The molecule has 6 nitrogen and oxygen atoms in total. The van der Waals surface area contributed by atoms with E-state index in [-0.39, 0.29) is 12.5 Å². The van der Waals surface area contributed by atoms with Crippen LogP contribution in [-0.2, 0) is 20.9 Å². The summed E-state index contributed by atoms with van der Waals surface area (Å²) in [6.07, 6.45) is -1.52. The first-order chi connectivity index (χ1) is 14.5. The molecule has 0 aliphatic carbocycles. The van der Waals surface area contributed by atoms with Crippen molar-refractivity contribution < 1.29 is 32.6 Å². The molecule has 9 heteroatoms. The molecule has 1 aromatic carbocycles. The molecule has 1 amide bonds. The molecule has 0 unspecified atom stereocenters. The number of likely N-dealkylation sites (tertiary alicyclic amines) is 2. The first-order valence-corrected chi connectivity index (χ1v) is 10.5. The number of aryl methyl sites for hydroxylation is 1. The van der Waals surface area contributed by atoms with Gasteiger partial charge in [-0.15, -0.1) is 0 Å². The smallest absolute Gasteiger partial charge is 0.475 e. The predicted octanol–water partition coefficient (Wildman–Crippen LogP) is 3.48. The van der Waals surface area contributed by atoms with Gasteiger partial charge in [0.25, 0.3) is 0 Å². The topological polar surface area (TPSA) is 70.1 Å². The van der Waals surface area contributed by atoms with E-state index in [1.165, 1.54) is 24.0 Å². The van der Waals surface area contributed by atoms with Crippen molar-refractivity contribution in [2.45, 2.75) is 45.8 Å². The fourth-order valence-electron chi connectivity index (χ4n) is 3.97. The van der Waals surface area contributed by atoms with E-state index in [4.69, 9.17) is 14.6 Å². The number of carbonyl (C=O) groups excluding carboxylic acids is 1. The van der Waals surface area contributed by atoms with E-state index < -0.39 is 12.1 Å². The van der Waals surface area contributed by atoms with Crippen LogP contribution in [0.4, 0.5) is 13.2 Å². The number of carbonyl (C=O) groups is 2. The van der Waals surface area contributed by atoms with Crippen molar-refractivity contribution in [1.82, 2.24) is 9.80 Å². The SMILES string of the molecule is CCOCC(=O)N1CCC2(CCN(Cc3ccc(C)cc3)CC2)C1.O=C(O)C(F)(F)F. The number of alkyl halides is 3. The highest BCUT2D eigenvalue weighted by Crippen LogP contribution is 2.40. The number of carboxylic acid groups (broad SMARTS) is 1. The van der Waals surface area contributed by atoms with Gasteiger partial charge < -0.3 is 14.7 Å². The average Bonchev–Trinajstić information content (AvgIpc) is 3.13. The van der Waals surface area contributed by atoms with E-state index in [1.54, 1.807) is 0 Å². The van der Waals surface area contributed by atoms with E-state index in [9.17, 15) is 18.0 Å². The summed E-state index contributed by atoms with van der Waals surface area (Å²) in [6.45, 7) is 10.1. The van der Waals surface area contributed by atoms with Crippen molar-refractivity contribution in [2.75, 3.05) is 39.4 Å². The zero-order chi connectivity index (χ0) is 23.1. The van der Waals surface area contributed by atoms with E-state index in [2.05, 4.69) is 36.1 Å². The molecule has 2 fully saturated rings. The van der Waals surface area contributed by atoms with Crippen LogP contribution in [0.5, 0.6) is 0 Å². The van der Waals surface area contributed by atoms with Gasteiger partial charge in [0.15, 0.2) is 0 Å². The number of amides is 1. The maximum atomic E-state index is 12.2. The molecule has 0 saturated carbocycles. The maximum Gasteiger partial charge on any atom is 0.490 e. The summed E-state index contributed by atoms with van der Waals surface area (Å²) in [4.78, 5) is 25.6. The molecule has 1 aromatic rings. The Labute approximate surface area is 181 Å². The van der Waals surface area contributed by atoms with Gasteiger partial charge in [0.1, 0.15) is 6.61 Å². The summed E-state index contributed by atoms with van der Waals surface area (Å²) < 4.78 is 37.0. The minimum Gasteiger partial charge on any atom is -0.475 e. The van der Waals surface area contributed by atoms with Crippen molar-refractivity contribution in [2.24, 2.45) is 5.41 Å². The van der Waals surface area contributed by atoms with Crippen LogP contribution >= 0.6 is 0 Å². The van der Waals surface area contributed by atoms with Crippen LogP contribution < -0.4 is 0 Å². The summed E-state index contributed by atoms with van der Waals surface area (Å²) >= 11 is 0. The minimum atomic E-state index is -5.08. The molecule has 0 radical (unpaired) electrons. The van der Waals surface area contributed by atoms with E-state index in [0.29, 0.717) is 12.0 Å². The van der Waals surface area contributed by atoms with E-state index in [0.717, 1.165) is 39.1 Å². The second-order valence-corrected chi connectivity index (χ2v) is 8.27. The van der Waals surface area contributed by atoms with Crippen molar-refractivity contribution in [3.63, 3.8) is 0 Å². The number of rotatable bonds is 5. The Bertz CT molecular complexity index is 729. The standard InChI is InChI=1S/C20H30N2O2.C2HF3O2/c1-3-24-15-19(23)22-13-10-20(16-22)8-11-21(12-9-20)14-18-6-4-17(2)5-7-18;3-2(4,5)1(6)7/h4-7H,3,8-16H2,1-2H3;(H,6,7). The second-order valence-electron chi connectivity index (χ2n) is 8.27. The highest BCUT2D eigenvalue weighted by atomic mass is 19.4. The number of hydrogen-bond donors (Lipinski definition) is 1. The largest absolute Gasteiger partial charge is 0.490 e. The van der Waals surface area contributed by atoms with E-state index >= 15 is 0 Å². The maximum absolute atomic E-state index is 12.2. The molecule has 31 heavy (non-hydrogen) atoms. The van der Waals surface area contributed by atoms with Crippen molar-refractivity contribution in [3.05, 3.63) is 35.4 Å². The molecule has 2 aliphatic heterocycles. The third-order valence-corrected chi connectivity index (χ3v) is 5.91. The number of halogens is 3. The van der Waals surface area contributed by atoms with Crippen LogP contribution in [0.25, 0.3) is 0 Å². The number of carboxylic acids is 1. The molecular weight excluding hydrogens is 413 g/mol. The molecule has 2 aliphatic rings. The number of ether oxygens (including phenoxy) is 1. The summed E-state index contributed by atoms with van der Waals surface area (Å²) in [7, 11) is 0. The van der Waals surface area contributed by atoms with Gasteiger partial charge in [0.05, 0.1) is 0 Å². The number of aliphatic carboxylic acids is 1. The summed E-state index contributed by atoms with van der Waals surface area (Å²) in [5, 5.41) is 7.12. The molecular formula is C22H31F3N2O4. The van der Waals surface area contributed by atoms with Gasteiger partial charge >= 0.3 is 12.1 Å². The number of hydrogen-bond acceptors (Lipinski definition) is 4. The number of benzene rings is 1. The molecule has 0 aromatic heterocycles. The lowest BCUT2D eigenvalue weighted by atomic mass is 9.77. The molecule has 1 N–H and O–H groups in total. The van der Waals surface area contributed by atoms with Crippen LogP contribution in [-0.4, -0.2) is 72.4 Å². The fourth-order valence-corrected chi connectivity index (χ4v) is 3.97. The Balaban J connectivity index is 0.000000423. The molecule has 3 rings (SSSR count). The number of nitrogens with zero attached hydrogens (tertiary/aromatic N) is 2. The first-order valence-electron chi connectivity index (χ1n) is 10.5. The van der Waals surface area contributed by atoms with Gasteiger partial charge in [-0.05, 0) is 57.2 Å². The first kappa shape index (κ1) is 25.1. The molecule has 1 spiro atoms. The van der Waals surface area contributed by atoms with Crippen LogP contribution in [0.15, 0.2) is 24.3 Å². The Morgan fingerprint density at radius 2 is 1.65 bits per heavy atom.